The van der Waals surface area contributed by atoms with Gasteiger partial charge in [0.15, 0.2) is 6.29 Å². The fourth-order valence-corrected chi connectivity index (χ4v) is 5.26. The number of nitrogens with zero attached hydrogens (tertiary/aromatic N) is 1. The Morgan fingerprint density at radius 2 is 1.67 bits per heavy atom. The number of carbonyl (C=O) groups is 2. The van der Waals surface area contributed by atoms with Crippen molar-refractivity contribution in [3.05, 3.63) is 70.8 Å². The van der Waals surface area contributed by atoms with E-state index in [1.54, 1.807) is 0 Å². The molecular formula is C31H42N2O6. The van der Waals surface area contributed by atoms with E-state index in [2.05, 4.69) is 17.1 Å². The van der Waals surface area contributed by atoms with Crippen LogP contribution < -0.4 is 5.32 Å². The van der Waals surface area contributed by atoms with Crippen LogP contribution in [0.4, 0.5) is 0 Å². The number of amides is 1. The Labute approximate surface area is 231 Å². The van der Waals surface area contributed by atoms with Crippen LogP contribution in [0.25, 0.3) is 0 Å². The minimum Gasteiger partial charge on any atom is -0.459 e. The zero-order chi connectivity index (χ0) is 28.2. The molecule has 2 N–H and O–H groups in total. The molecule has 0 radical (unpaired) electrons. The molecule has 2 aromatic rings. The van der Waals surface area contributed by atoms with Gasteiger partial charge in [0, 0.05) is 31.5 Å². The van der Waals surface area contributed by atoms with Gasteiger partial charge in [-0.25, -0.2) is 0 Å². The highest BCUT2D eigenvalue weighted by Crippen LogP contribution is 2.42. The van der Waals surface area contributed by atoms with Crippen LogP contribution >= 0.6 is 0 Å². The molecule has 212 valence electrons. The lowest BCUT2D eigenvalue weighted by Gasteiger charge is -2.43. The van der Waals surface area contributed by atoms with Gasteiger partial charge in [-0.1, -0.05) is 55.5 Å². The molecule has 2 aliphatic rings. The van der Waals surface area contributed by atoms with Gasteiger partial charge in [0.2, 0.25) is 5.91 Å². The molecule has 2 aromatic carbocycles. The lowest BCUT2D eigenvalue weighted by Crippen LogP contribution is -2.48. The summed E-state index contributed by atoms with van der Waals surface area (Å²) in [6, 6.07) is 15.4. The van der Waals surface area contributed by atoms with Crippen molar-refractivity contribution in [3.63, 3.8) is 0 Å². The fraction of sp³-hybridized carbons (Fsp3) is 0.548. The topological polar surface area (TPSA) is 97.3 Å². The highest BCUT2D eigenvalue weighted by molar-refractivity contribution is 5.76. The van der Waals surface area contributed by atoms with E-state index in [9.17, 15) is 14.7 Å². The summed E-state index contributed by atoms with van der Waals surface area (Å²) >= 11 is 0. The number of hydrogen-bond acceptors (Lipinski definition) is 7. The molecule has 5 unspecified atom stereocenters. The average Bonchev–Trinajstić information content (AvgIpc) is 3.36. The van der Waals surface area contributed by atoms with E-state index in [0.717, 1.165) is 41.6 Å². The second-order valence-corrected chi connectivity index (χ2v) is 11.7. The van der Waals surface area contributed by atoms with Crippen LogP contribution in [0.2, 0.25) is 0 Å². The molecule has 2 aliphatic heterocycles. The van der Waals surface area contributed by atoms with E-state index in [1.165, 1.54) is 6.92 Å². The summed E-state index contributed by atoms with van der Waals surface area (Å²) < 4.78 is 18.9. The molecule has 2 heterocycles. The number of carbonyl (C=O) groups excluding carboxylic acids is 2. The molecule has 0 saturated carbocycles. The van der Waals surface area contributed by atoms with Gasteiger partial charge in [-0.3, -0.25) is 14.5 Å². The summed E-state index contributed by atoms with van der Waals surface area (Å²) in [5.74, 6) is -0.237. The molecular weight excluding hydrogens is 496 g/mol. The number of ether oxygens (including phenoxy) is 3. The van der Waals surface area contributed by atoms with Gasteiger partial charge in [0.25, 0.3) is 0 Å². The first kappa shape index (κ1) is 29.2. The van der Waals surface area contributed by atoms with Crippen LogP contribution in [0.1, 0.15) is 82.1 Å². The maximum Gasteiger partial charge on any atom is 0.323 e. The third-order valence-electron chi connectivity index (χ3n) is 7.37. The first-order chi connectivity index (χ1) is 18.5. The van der Waals surface area contributed by atoms with E-state index >= 15 is 0 Å². The van der Waals surface area contributed by atoms with Crippen molar-refractivity contribution in [2.75, 3.05) is 13.1 Å². The molecule has 2 fully saturated rings. The van der Waals surface area contributed by atoms with Gasteiger partial charge >= 0.3 is 5.97 Å². The third kappa shape index (κ3) is 7.66. The highest BCUT2D eigenvalue weighted by Gasteiger charge is 2.42. The predicted octanol–water partition coefficient (Wildman–Crippen LogP) is 4.41. The number of likely N-dealkylation sites (tertiary alicyclic amines) is 1. The zero-order valence-corrected chi connectivity index (χ0v) is 23.7. The third-order valence-corrected chi connectivity index (χ3v) is 7.37. The van der Waals surface area contributed by atoms with Gasteiger partial charge in [-0.15, -0.1) is 0 Å². The molecule has 0 aromatic heterocycles. The minimum absolute atomic E-state index is 0.0123. The number of aliphatic hydroxyl groups is 1. The van der Waals surface area contributed by atoms with Crippen molar-refractivity contribution < 1.29 is 28.9 Å². The Morgan fingerprint density at radius 3 is 2.28 bits per heavy atom. The maximum atomic E-state index is 13.0. The molecule has 4 rings (SSSR count). The minimum atomic E-state index is -0.592. The Bertz CT molecular complexity index is 1110. The van der Waals surface area contributed by atoms with Crippen molar-refractivity contribution in [3.8, 4) is 0 Å². The molecule has 8 nitrogen and oxygen atoms in total. The molecule has 1 amide bonds. The van der Waals surface area contributed by atoms with Crippen LogP contribution in [0, 0.1) is 5.92 Å². The highest BCUT2D eigenvalue weighted by atomic mass is 16.7. The monoisotopic (exact) mass is 538 g/mol. The quantitative estimate of drug-likeness (QED) is 0.481. The molecule has 0 bridgehead atoms. The largest absolute Gasteiger partial charge is 0.459 e. The zero-order valence-electron chi connectivity index (χ0n) is 23.7. The molecule has 39 heavy (non-hydrogen) atoms. The van der Waals surface area contributed by atoms with E-state index in [1.807, 2.05) is 69.3 Å². The standard InChI is InChI=1S/C31H42N2O6/c1-20-27(18-33-16-6-7-26(33)29(36)39-31(3,4)5)37-30(25-14-8-22(9-15-25)17-32-21(2)35)38-28(20)24-12-10-23(19-34)11-13-24/h8-15,20,26-28,30,34H,6-7,16-19H2,1-5H3,(H,32,35). The number of nitrogens with one attached hydrogen (secondary N) is 1. The Kier molecular flexibility index (Phi) is 9.43. The lowest BCUT2D eigenvalue weighted by molar-refractivity contribution is -0.276. The number of esters is 1. The summed E-state index contributed by atoms with van der Waals surface area (Å²) in [6.45, 7) is 11.2. The summed E-state index contributed by atoms with van der Waals surface area (Å²) in [5.41, 5.74) is 3.21. The Hall–Kier alpha value is -2.78. The van der Waals surface area contributed by atoms with Crippen molar-refractivity contribution in [1.29, 1.82) is 0 Å². The molecule has 8 heteroatoms. The van der Waals surface area contributed by atoms with Crippen LogP contribution in [0.5, 0.6) is 0 Å². The Balaban J connectivity index is 1.56. The summed E-state index contributed by atoms with van der Waals surface area (Å²) in [4.78, 5) is 26.5. The van der Waals surface area contributed by atoms with Crippen molar-refractivity contribution in [2.24, 2.45) is 5.92 Å². The van der Waals surface area contributed by atoms with Crippen LogP contribution in [-0.2, 0) is 37.0 Å². The van der Waals surface area contributed by atoms with E-state index < -0.39 is 11.9 Å². The van der Waals surface area contributed by atoms with Crippen LogP contribution in [0.15, 0.2) is 48.5 Å². The second kappa shape index (κ2) is 12.6. The first-order valence-electron chi connectivity index (χ1n) is 13.8. The number of rotatable bonds is 8. The second-order valence-electron chi connectivity index (χ2n) is 11.7. The number of hydrogen-bond donors (Lipinski definition) is 2. The molecule has 0 aliphatic carbocycles. The predicted molar refractivity (Wildman–Crippen MR) is 147 cm³/mol. The molecule has 5 atom stereocenters. The summed E-state index contributed by atoms with van der Waals surface area (Å²) in [5, 5.41) is 12.3. The normalized spacial score (nSPS) is 25.8. The fourth-order valence-electron chi connectivity index (χ4n) is 5.26. The first-order valence-corrected chi connectivity index (χ1v) is 13.8. The van der Waals surface area contributed by atoms with Crippen LogP contribution in [0.3, 0.4) is 0 Å². The van der Waals surface area contributed by atoms with Gasteiger partial charge < -0.3 is 24.6 Å². The molecule has 2 saturated heterocycles. The Morgan fingerprint density at radius 1 is 1.03 bits per heavy atom. The van der Waals surface area contributed by atoms with Crippen molar-refractivity contribution in [2.45, 2.75) is 90.8 Å². The number of benzene rings is 2. The average molecular weight is 539 g/mol. The van der Waals surface area contributed by atoms with E-state index in [0.29, 0.717) is 13.1 Å². The van der Waals surface area contributed by atoms with E-state index in [4.69, 9.17) is 14.2 Å². The van der Waals surface area contributed by atoms with Crippen LogP contribution in [-0.4, -0.2) is 52.7 Å². The van der Waals surface area contributed by atoms with Crippen molar-refractivity contribution in [1.82, 2.24) is 10.2 Å². The number of aliphatic hydroxyl groups excluding tert-OH is 1. The van der Waals surface area contributed by atoms with Crippen molar-refractivity contribution >= 4 is 11.9 Å². The van der Waals surface area contributed by atoms with Gasteiger partial charge in [0.05, 0.1) is 18.8 Å². The van der Waals surface area contributed by atoms with Gasteiger partial charge in [0.1, 0.15) is 11.6 Å². The maximum absolute atomic E-state index is 13.0. The SMILES string of the molecule is CC(=O)NCc1ccc(C2OC(CN3CCCC3C(=O)OC(C)(C)C)C(C)C(c3ccc(CO)cc3)O2)cc1. The summed E-state index contributed by atoms with van der Waals surface area (Å²) in [7, 11) is 0. The van der Waals surface area contributed by atoms with E-state index in [-0.39, 0.29) is 42.7 Å². The van der Waals surface area contributed by atoms with Gasteiger partial charge in [-0.05, 0) is 56.8 Å². The molecule has 0 spiro atoms. The summed E-state index contributed by atoms with van der Waals surface area (Å²) in [6.07, 6.45) is 0.701. The lowest BCUT2D eigenvalue weighted by atomic mass is 9.90. The smallest absolute Gasteiger partial charge is 0.323 e. The van der Waals surface area contributed by atoms with Gasteiger partial charge in [-0.2, -0.15) is 0 Å².